The number of carbonyl (C=O) groups excluding carboxylic acids is 3. The Hall–Kier alpha value is -3.15. The molecule has 0 radical (unpaired) electrons. The van der Waals surface area contributed by atoms with Gasteiger partial charge in [-0.3, -0.25) is 14.4 Å². The van der Waals surface area contributed by atoms with Gasteiger partial charge in [0.05, 0.1) is 6.04 Å². The van der Waals surface area contributed by atoms with Gasteiger partial charge in [0.15, 0.2) is 0 Å². The number of aldehydes is 1. The highest BCUT2D eigenvalue weighted by Crippen LogP contribution is 2.24. The maximum absolute atomic E-state index is 12.8. The zero-order valence-corrected chi connectivity index (χ0v) is 17.0. The van der Waals surface area contributed by atoms with Crippen LogP contribution in [0.4, 0.5) is 5.69 Å². The number of rotatable bonds is 6. The van der Waals surface area contributed by atoms with E-state index in [9.17, 15) is 14.4 Å². The van der Waals surface area contributed by atoms with Crippen molar-refractivity contribution in [2.75, 3.05) is 24.5 Å². The average Bonchev–Trinajstić information content (AvgIpc) is 3.13. The van der Waals surface area contributed by atoms with Crippen LogP contribution >= 0.6 is 0 Å². The standard InChI is InChI=1S/C24H27N3O3/c28-17-19-6-8-22(9-7-19)26-12-10-20(11-13-26)24(30)25-21-14-23(29)27(16-21)15-18-4-2-1-3-5-18/h1-9,17,20-21H,10-16H2,(H,25,30)/t21-/m0/s1. The fourth-order valence-corrected chi connectivity index (χ4v) is 4.31. The molecule has 4 rings (SSSR count). The molecule has 156 valence electrons. The van der Waals surface area contributed by atoms with Gasteiger partial charge in [0.25, 0.3) is 0 Å². The fraction of sp³-hybridized carbons (Fsp3) is 0.375. The van der Waals surface area contributed by atoms with E-state index in [1.54, 1.807) is 0 Å². The van der Waals surface area contributed by atoms with Gasteiger partial charge in [-0.05, 0) is 42.7 Å². The molecule has 1 atom stereocenters. The lowest BCUT2D eigenvalue weighted by Crippen LogP contribution is -2.44. The Kier molecular flexibility index (Phi) is 6.12. The summed E-state index contributed by atoms with van der Waals surface area (Å²) in [5.74, 6) is 0.136. The van der Waals surface area contributed by atoms with Crippen LogP contribution in [-0.2, 0) is 16.1 Å². The van der Waals surface area contributed by atoms with E-state index in [0.29, 0.717) is 25.1 Å². The predicted molar refractivity (Wildman–Crippen MR) is 115 cm³/mol. The van der Waals surface area contributed by atoms with Gasteiger partial charge in [-0.25, -0.2) is 0 Å². The summed E-state index contributed by atoms with van der Waals surface area (Å²) in [6, 6.07) is 17.4. The Morgan fingerprint density at radius 2 is 1.73 bits per heavy atom. The number of amides is 2. The molecule has 2 saturated heterocycles. The van der Waals surface area contributed by atoms with Gasteiger partial charge < -0.3 is 15.1 Å². The summed E-state index contributed by atoms with van der Waals surface area (Å²) in [5, 5.41) is 3.11. The van der Waals surface area contributed by atoms with Gasteiger partial charge in [0.2, 0.25) is 11.8 Å². The van der Waals surface area contributed by atoms with Gasteiger partial charge in [-0.15, -0.1) is 0 Å². The summed E-state index contributed by atoms with van der Waals surface area (Å²) in [4.78, 5) is 40.0. The maximum atomic E-state index is 12.8. The summed E-state index contributed by atoms with van der Waals surface area (Å²) in [6.07, 6.45) is 2.79. The van der Waals surface area contributed by atoms with Crippen molar-refractivity contribution in [1.29, 1.82) is 0 Å². The zero-order valence-electron chi connectivity index (χ0n) is 17.0. The zero-order chi connectivity index (χ0) is 20.9. The lowest BCUT2D eigenvalue weighted by atomic mass is 9.95. The van der Waals surface area contributed by atoms with Crippen LogP contribution < -0.4 is 10.2 Å². The number of likely N-dealkylation sites (tertiary alicyclic amines) is 1. The number of nitrogens with zero attached hydrogens (tertiary/aromatic N) is 2. The third-order valence-electron chi connectivity index (χ3n) is 6.04. The third kappa shape index (κ3) is 4.70. The van der Waals surface area contributed by atoms with E-state index in [4.69, 9.17) is 0 Å². The monoisotopic (exact) mass is 405 g/mol. The molecule has 2 aromatic rings. The molecule has 0 spiro atoms. The highest BCUT2D eigenvalue weighted by molar-refractivity contribution is 5.83. The number of nitrogens with one attached hydrogen (secondary N) is 1. The summed E-state index contributed by atoms with van der Waals surface area (Å²) in [7, 11) is 0. The van der Waals surface area contributed by atoms with Crippen LogP contribution in [-0.4, -0.2) is 48.7 Å². The Labute approximate surface area is 176 Å². The molecule has 2 aliphatic rings. The molecule has 2 aliphatic heterocycles. The molecule has 1 N–H and O–H groups in total. The smallest absolute Gasteiger partial charge is 0.225 e. The van der Waals surface area contributed by atoms with E-state index in [0.717, 1.165) is 43.5 Å². The highest BCUT2D eigenvalue weighted by Gasteiger charge is 2.33. The van der Waals surface area contributed by atoms with E-state index in [2.05, 4.69) is 10.2 Å². The quantitative estimate of drug-likeness (QED) is 0.750. The van der Waals surface area contributed by atoms with Crippen LogP contribution in [0.5, 0.6) is 0 Å². The molecular weight excluding hydrogens is 378 g/mol. The van der Waals surface area contributed by atoms with Crippen LogP contribution in [0.1, 0.15) is 35.2 Å². The van der Waals surface area contributed by atoms with Crippen molar-refractivity contribution < 1.29 is 14.4 Å². The van der Waals surface area contributed by atoms with Gasteiger partial charge in [0, 0.05) is 49.8 Å². The van der Waals surface area contributed by atoms with Crippen molar-refractivity contribution >= 4 is 23.8 Å². The number of hydrogen-bond donors (Lipinski definition) is 1. The van der Waals surface area contributed by atoms with Crippen LogP contribution in [0.15, 0.2) is 54.6 Å². The fourth-order valence-electron chi connectivity index (χ4n) is 4.31. The molecule has 6 heteroatoms. The Morgan fingerprint density at radius 3 is 2.40 bits per heavy atom. The maximum Gasteiger partial charge on any atom is 0.225 e. The summed E-state index contributed by atoms with van der Waals surface area (Å²) < 4.78 is 0. The van der Waals surface area contributed by atoms with Gasteiger partial charge in [0.1, 0.15) is 6.29 Å². The van der Waals surface area contributed by atoms with Crippen LogP contribution in [0.2, 0.25) is 0 Å². The normalized spacial score (nSPS) is 19.7. The second kappa shape index (κ2) is 9.11. The number of anilines is 1. The molecule has 2 aromatic carbocycles. The van der Waals surface area contributed by atoms with Crippen molar-refractivity contribution in [3.05, 3.63) is 65.7 Å². The minimum Gasteiger partial charge on any atom is -0.371 e. The number of carbonyl (C=O) groups is 3. The van der Waals surface area contributed by atoms with Crippen molar-refractivity contribution in [2.24, 2.45) is 5.92 Å². The molecule has 30 heavy (non-hydrogen) atoms. The first kappa shape index (κ1) is 20.1. The first-order chi connectivity index (χ1) is 14.6. The summed E-state index contributed by atoms with van der Waals surface area (Å²) >= 11 is 0. The Balaban J connectivity index is 1.25. The number of piperidine rings is 1. The van der Waals surface area contributed by atoms with E-state index in [1.807, 2.05) is 59.5 Å². The largest absolute Gasteiger partial charge is 0.371 e. The molecule has 0 saturated carbocycles. The molecule has 2 heterocycles. The van der Waals surface area contributed by atoms with Crippen LogP contribution in [0.25, 0.3) is 0 Å². The molecule has 2 fully saturated rings. The van der Waals surface area contributed by atoms with Crippen LogP contribution in [0.3, 0.4) is 0 Å². The SMILES string of the molecule is O=Cc1ccc(N2CCC(C(=O)N[C@H]3CC(=O)N(Cc4ccccc4)C3)CC2)cc1. The molecule has 0 unspecified atom stereocenters. The summed E-state index contributed by atoms with van der Waals surface area (Å²) in [5.41, 5.74) is 2.85. The van der Waals surface area contributed by atoms with Gasteiger partial charge in [-0.1, -0.05) is 30.3 Å². The molecule has 0 bridgehead atoms. The lowest BCUT2D eigenvalue weighted by Gasteiger charge is -2.33. The molecule has 0 aliphatic carbocycles. The van der Waals surface area contributed by atoms with E-state index in [1.165, 1.54) is 0 Å². The molecule has 2 amide bonds. The van der Waals surface area contributed by atoms with Gasteiger partial charge >= 0.3 is 0 Å². The van der Waals surface area contributed by atoms with E-state index < -0.39 is 0 Å². The van der Waals surface area contributed by atoms with Crippen molar-refractivity contribution in [2.45, 2.75) is 31.8 Å². The minimum absolute atomic E-state index is 0.0197. The van der Waals surface area contributed by atoms with Crippen LogP contribution in [0, 0.1) is 5.92 Å². The second-order valence-electron chi connectivity index (χ2n) is 8.14. The number of hydrogen-bond acceptors (Lipinski definition) is 4. The van der Waals surface area contributed by atoms with Crippen molar-refractivity contribution in [1.82, 2.24) is 10.2 Å². The van der Waals surface area contributed by atoms with E-state index in [-0.39, 0.29) is 23.8 Å². The number of benzene rings is 2. The topological polar surface area (TPSA) is 69.7 Å². The van der Waals surface area contributed by atoms with E-state index >= 15 is 0 Å². The van der Waals surface area contributed by atoms with Crippen molar-refractivity contribution in [3.63, 3.8) is 0 Å². The minimum atomic E-state index is -0.109. The first-order valence-electron chi connectivity index (χ1n) is 10.5. The summed E-state index contributed by atoms with van der Waals surface area (Å²) in [6.45, 7) is 2.78. The Morgan fingerprint density at radius 1 is 1.03 bits per heavy atom. The molecular formula is C24H27N3O3. The Bertz CT molecular complexity index is 890. The average molecular weight is 405 g/mol. The molecule has 6 nitrogen and oxygen atoms in total. The highest BCUT2D eigenvalue weighted by atomic mass is 16.2. The molecule has 0 aromatic heterocycles. The third-order valence-corrected chi connectivity index (χ3v) is 6.04. The first-order valence-corrected chi connectivity index (χ1v) is 10.5. The second-order valence-corrected chi connectivity index (χ2v) is 8.14. The predicted octanol–water partition coefficient (Wildman–Crippen LogP) is 2.63. The lowest BCUT2D eigenvalue weighted by molar-refractivity contribution is -0.128. The van der Waals surface area contributed by atoms with Gasteiger partial charge in [-0.2, -0.15) is 0 Å². The van der Waals surface area contributed by atoms with Crippen molar-refractivity contribution in [3.8, 4) is 0 Å².